The summed E-state index contributed by atoms with van der Waals surface area (Å²) in [5.74, 6) is 0.572. The van der Waals surface area contributed by atoms with Crippen molar-refractivity contribution in [2.45, 2.75) is 45.3 Å². The second kappa shape index (κ2) is 11.7. The van der Waals surface area contributed by atoms with Gasteiger partial charge in [0.25, 0.3) is 5.91 Å². The lowest BCUT2D eigenvalue weighted by molar-refractivity contribution is -0.117. The molecule has 0 saturated heterocycles. The molecular weight excluding hydrogens is 512 g/mol. The number of carbonyl (C=O) groups is 2. The van der Waals surface area contributed by atoms with Gasteiger partial charge in [-0.1, -0.05) is 29.8 Å². The molecule has 0 fully saturated rings. The minimum Gasteiger partial charge on any atom is -0.494 e. The predicted octanol–water partition coefficient (Wildman–Crippen LogP) is 6.54. The Kier molecular flexibility index (Phi) is 7.98. The van der Waals surface area contributed by atoms with Gasteiger partial charge >= 0.3 is 0 Å². The summed E-state index contributed by atoms with van der Waals surface area (Å²) in [4.78, 5) is 30.3. The zero-order chi connectivity index (χ0) is 27.4. The van der Waals surface area contributed by atoms with Gasteiger partial charge in [-0.15, -0.1) is 0 Å². The molecule has 5 rings (SSSR count). The second-order valence-corrected chi connectivity index (χ2v) is 10.1. The fraction of sp³-hybridized carbons (Fsp3) is 0.258. The van der Waals surface area contributed by atoms with Gasteiger partial charge in [-0.25, -0.2) is 0 Å². The lowest BCUT2D eigenvalue weighted by Crippen LogP contribution is -2.47. The fourth-order valence-electron chi connectivity index (χ4n) is 5.20. The molecule has 0 spiro atoms. The Balaban J connectivity index is 1.33. The Morgan fingerprint density at radius 1 is 1.03 bits per heavy atom. The number of hydrogen-bond acceptors (Lipinski definition) is 4. The van der Waals surface area contributed by atoms with E-state index >= 15 is 0 Å². The standard InChI is InChI=1S/C31H31ClN4O3/c1-22-21-30(36(23(2)37)26-13-11-25(32)12-14-26)28-7-3-4-8-29(28)35(22)31(38)24-9-15-27(16-10-24)39-20-6-19-34-18-5-17-33-34/h3-5,7-18,22,30H,6,19-21H2,1-2H3/t22-,30+/m0/s1. The van der Waals surface area contributed by atoms with Crippen LogP contribution in [0.5, 0.6) is 5.75 Å². The number of aromatic nitrogens is 2. The lowest BCUT2D eigenvalue weighted by atomic mass is 9.89. The molecule has 1 aliphatic rings. The van der Waals surface area contributed by atoms with Crippen LogP contribution in [0.2, 0.25) is 5.02 Å². The van der Waals surface area contributed by atoms with Crippen molar-refractivity contribution in [3.8, 4) is 5.75 Å². The van der Waals surface area contributed by atoms with Crippen molar-refractivity contribution in [3.05, 3.63) is 107 Å². The maximum atomic E-state index is 13.8. The highest BCUT2D eigenvalue weighted by Gasteiger charge is 2.38. The molecule has 0 unspecified atom stereocenters. The van der Waals surface area contributed by atoms with E-state index in [1.807, 2.05) is 89.4 Å². The Morgan fingerprint density at radius 2 is 1.77 bits per heavy atom. The van der Waals surface area contributed by atoms with Gasteiger partial charge in [0, 0.05) is 60.3 Å². The van der Waals surface area contributed by atoms with Crippen LogP contribution in [-0.4, -0.2) is 34.2 Å². The smallest absolute Gasteiger partial charge is 0.258 e. The molecule has 39 heavy (non-hydrogen) atoms. The molecule has 0 N–H and O–H groups in total. The average molecular weight is 543 g/mol. The maximum absolute atomic E-state index is 13.8. The van der Waals surface area contributed by atoms with Gasteiger partial charge in [0.1, 0.15) is 5.75 Å². The predicted molar refractivity (Wildman–Crippen MR) is 153 cm³/mol. The van der Waals surface area contributed by atoms with Crippen LogP contribution < -0.4 is 14.5 Å². The quantitative estimate of drug-likeness (QED) is 0.237. The molecule has 2 heterocycles. The summed E-state index contributed by atoms with van der Waals surface area (Å²) >= 11 is 6.10. The summed E-state index contributed by atoms with van der Waals surface area (Å²) in [6, 6.07) is 23.9. The third-order valence-corrected chi connectivity index (χ3v) is 7.25. The molecule has 0 aliphatic carbocycles. The first-order valence-corrected chi connectivity index (χ1v) is 13.5. The van der Waals surface area contributed by atoms with Gasteiger partial charge in [0.15, 0.2) is 0 Å². The number of nitrogens with zero attached hydrogens (tertiary/aromatic N) is 4. The second-order valence-electron chi connectivity index (χ2n) is 9.70. The van der Waals surface area contributed by atoms with E-state index in [-0.39, 0.29) is 23.9 Å². The summed E-state index contributed by atoms with van der Waals surface area (Å²) in [7, 11) is 0. The number of fused-ring (bicyclic) bond motifs is 1. The van der Waals surface area contributed by atoms with Crippen LogP contribution in [0.25, 0.3) is 0 Å². The number of rotatable bonds is 8. The minimum atomic E-state index is -0.212. The van der Waals surface area contributed by atoms with Crippen LogP contribution in [-0.2, 0) is 11.3 Å². The van der Waals surface area contributed by atoms with Crippen molar-refractivity contribution in [2.24, 2.45) is 0 Å². The first-order chi connectivity index (χ1) is 18.9. The van der Waals surface area contributed by atoms with Crippen LogP contribution in [0.1, 0.15) is 48.7 Å². The maximum Gasteiger partial charge on any atom is 0.258 e. The molecule has 0 bridgehead atoms. The normalized spacial score (nSPS) is 16.4. The van der Waals surface area contributed by atoms with E-state index in [1.54, 1.807) is 30.2 Å². The number of amides is 2. The van der Waals surface area contributed by atoms with Crippen molar-refractivity contribution in [3.63, 3.8) is 0 Å². The number of aryl methyl sites for hydroxylation is 1. The van der Waals surface area contributed by atoms with E-state index in [2.05, 4.69) is 5.10 Å². The van der Waals surface area contributed by atoms with E-state index in [0.29, 0.717) is 23.6 Å². The summed E-state index contributed by atoms with van der Waals surface area (Å²) in [6.45, 7) is 4.94. The SMILES string of the molecule is CC(=O)N(c1ccc(Cl)cc1)[C@@H]1C[C@H](C)N(C(=O)c2ccc(OCCCn3cccn3)cc2)c2ccccc21. The van der Waals surface area contributed by atoms with Crippen LogP contribution in [0, 0.1) is 0 Å². The molecule has 1 aliphatic heterocycles. The minimum absolute atomic E-state index is 0.0655. The summed E-state index contributed by atoms with van der Waals surface area (Å²) in [6.07, 6.45) is 5.12. The first kappa shape index (κ1) is 26.5. The molecule has 0 radical (unpaired) electrons. The van der Waals surface area contributed by atoms with Crippen LogP contribution in [0.15, 0.2) is 91.3 Å². The monoisotopic (exact) mass is 542 g/mol. The summed E-state index contributed by atoms with van der Waals surface area (Å²) < 4.78 is 7.74. The van der Waals surface area contributed by atoms with E-state index < -0.39 is 0 Å². The zero-order valence-electron chi connectivity index (χ0n) is 22.0. The summed E-state index contributed by atoms with van der Waals surface area (Å²) in [5.41, 5.74) is 3.11. The van der Waals surface area contributed by atoms with Crippen LogP contribution in [0.3, 0.4) is 0 Å². The van der Waals surface area contributed by atoms with E-state index in [0.717, 1.165) is 35.7 Å². The fourth-order valence-corrected chi connectivity index (χ4v) is 5.33. The molecule has 2 amide bonds. The number of carbonyl (C=O) groups excluding carboxylic acids is 2. The third kappa shape index (κ3) is 5.83. The first-order valence-electron chi connectivity index (χ1n) is 13.1. The molecule has 7 nitrogen and oxygen atoms in total. The topological polar surface area (TPSA) is 67.7 Å². The van der Waals surface area contributed by atoms with Gasteiger partial charge in [0.05, 0.1) is 12.6 Å². The van der Waals surface area contributed by atoms with Gasteiger partial charge in [-0.05, 0) is 79.6 Å². The molecule has 200 valence electrons. The number of ether oxygens (including phenoxy) is 1. The van der Waals surface area contributed by atoms with Crippen molar-refractivity contribution in [1.82, 2.24) is 9.78 Å². The van der Waals surface area contributed by atoms with E-state index in [1.165, 1.54) is 0 Å². The molecule has 1 aromatic heterocycles. The van der Waals surface area contributed by atoms with E-state index in [9.17, 15) is 9.59 Å². The average Bonchev–Trinajstić information content (AvgIpc) is 3.46. The van der Waals surface area contributed by atoms with Crippen molar-refractivity contribution in [2.75, 3.05) is 16.4 Å². The van der Waals surface area contributed by atoms with Crippen LogP contribution >= 0.6 is 11.6 Å². The lowest BCUT2D eigenvalue weighted by Gasteiger charge is -2.43. The molecule has 8 heteroatoms. The Hall–Kier alpha value is -4.10. The molecular formula is C31H31ClN4O3. The number of hydrogen-bond donors (Lipinski definition) is 0. The Labute approximate surface area is 233 Å². The number of benzene rings is 3. The van der Waals surface area contributed by atoms with Gasteiger partial charge < -0.3 is 14.5 Å². The van der Waals surface area contributed by atoms with Crippen LogP contribution in [0.4, 0.5) is 11.4 Å². The van der Waals surface area contributed by atoms with Gasteiger partial charge in [0.2, 0.25) is 5.91 Å². The Bertz CT molecular complexity index is 1420. The highest BCUT2D eigenvalue weighted by Crippen LogP contribution is 2.43. The molecule has 0 saturated carbocycles. The molecule has 2 atom stereocenters. The van der Waals surface area contributed by atoms with Crippen molar-refractivity contribution < 1.29 is 14.3 Å². The Morgan fingerprint density at radius 3 is 2.46 bits per heavy atom. The van der Waals surface area contributed by atoms with Crippen molar-refractivity contribution >= 4 is 34.8 Å². The third-order valence-electron chi connectivity index (χ3n) is 7.00. The van der Waals surface area contributed by atoms with Gasteiger partial charge in [-0.2, -0.15) is 5.10 Å². The zero-order valence-corrected chi connectivity index (χ0v) is 22.8. The van der Waals surface area contributed by atoms with Gasteiger partial charge in [-0.3, -0.25) is 14.3 Å². The highest BCUT2D eigenvalue weighted by atomic mass is 35.5. The number of halogens is 1. The molecule has 4 aromatic rings. The van der Waals surface area contributed by atoms with E-state index in [4.69, 9.17) is 16.3 Å². The molecule has 3 aromatic carbocycles. The summed E-state index contributed by atoms with van der Waals surface area (Å²) in [5, 5.41) is 4.81. The van der Waals surface area contributed by atoms with Crippen molar-refractivity contribution in [1.29, 1.82) is 0 Å². The number of para-hydroxylation sites is 1. The number of anilines is 2. The highest BCUT2D eigenvalue weighted by molar-refractivity contribution is 6.30. The largest absolute Gasteiger partial charge is 0.494 e.